The van der Waals surface area contributed by atoms with E-state index in [0.717, 1.165) is 55.0 Å². The molecule has 1 aromatic carbocycles. The van der Waals surface area contributed by atoms with Gasteiger partial charge in [0, 0.05) is 29.9 Å². The van der Waals surface area contributed by atoms with E-state index < -0.39 is 17.2 Å². The molecule has 2 atom stereocenters. The van der Waals surface area contributed by atoms with Gasteiger partial charge in [0.2, 0.25) is 0 Å². The molecule has 2 fully saturated rings. The maximum Gasteiger partial charge on any atom is 0.272 e. The maximum absolute atomic E-state index is 14.5. The lowest BCUT2D eigenvalue weighted by molar-refractivity contribution is 0.0816. The maximum atomic E-state index is 14.5. The Hall–Kier alpha value is -3.09. The predicted molar refractivity (Wildman–Crippen MR) is 105 cm³/mol. The Morgan fingerprint density at radius 2 is 1.97 bits per heavy atom. The number of rotatable bonds is 4. The van der Waals surface area contributed by atoms with Crippen molar-refractivity contribution in [3.63, 3.8) is 0 Å². The number of carbonyl (C=O) groups is 1. The highest BCUT2D eigenvalue weighted by Crippen LogP contribution is 2.57. The summed E-state index contributed by atoms with van der Waals surface area (Å²) in [5.74, 6) is -0.742. The first-order valence-corrected chi connectivity index (χ1v) is 10.4. The van der Waals surface area contributed by atoms with Gasteiger partial charge in [0.15, 0.2) is 11.5 Å². The van der Waals surface area contributed by atoms with E-state index in [-0.39, 0.29) is 11.6 Å². The summed E-state index contributed by atoms with van der Waals surface area (Å²) in [5, 5.41) is 7.75. The van der Waals surface area contributed by atoms with Crippen LogP contribution in [0.1, 0.15) is 58.9 Å². The van der Waals surface area contributed by atoms with Crippen LogP contribution in [0.3, 0.4) is 0 Å². The third-order valence-corrected chi connectivity index (χ3v) is 6.91. The highest BCUT2D eigenvalue weighted by Gasteiger charge is 2.51. The number of hydrogen-bond acceptors (Lipinski definition) is 3. The van der Waals surface area contributed by atoms with Crippen LogP contribution in [-0.2, 0) is 12.0 Å². The molecule has 152 valence electrons. The Labute approximate surface area is 172 Å². The molecular weight excluding hydrogens is 386 g/mol. The third-order valence-electron chi connectivity index (χ3n) is 6.91. The van der Waals surface area contributed by atoms with Crippen molar-refractivity contribution in [2.75, 3.05) is 0 Å². The summed E-state index contributed by atoms with van der Waals surface area (Å²) >= 11 is 0. The molecule has 0 radical (unpaired) electrons. The van der Waals surface area contributed by atoms with E-state index >= 15 is 0 Å². The van der Waals surface area contributed by atoms with Gasteiger partial charge in [0.05, 0.1) is 11.2 Å². The largest absolute Gasteiger partial charge is 0.341 e. The predicted octanol–water partition coefficient (Wildman–Crippen LogP) is 4.01. The van der Waals surface area contributed by atoms with Crippen LogP contribution in [0.4, 0.5) is 8.78 Å². The zero-order chi connectivity index (χ0) is 20.5. The van der Waals surface area contributed by atoms with Crippen molar-refractivity contribution in [1.82, 2.24) is 20.1 Å². The molecule has 6 rings (SSSR count). The third kappa shape index (κ3) is 2.54. The molecule has 3 aromatic rings. The topological polar surface area (TPSA) is 59.8 Å². The smallest absolute Gasteiger partial charge is 0.272 e. The molecule has 2 saturated carbocycles. The van der Waals surface area contributed by atoms with Crippen molar-refractivity contribution >= 4 is 5.91 Å². The first-order chi connectivity index (χ1) is 14.6. The van der Waals surface area contributed by atoms with Crippen molar-refractivity contribution in [1.29, 1.82) is 0 Å². The molecule has 0 aliphatic heterocycles. The number of nitrogens with one attached hydrogen (secondary N) is 1. The molecule has 30 heavy (non-hydrogen) atoms. The SMILES string of the molecule is O=C(NC1(c2ccncc2)CCC1)c1nn(-c2ccc(F)cc2F)c2c1C[C@@H]1C[C@H]21. The van der Waals surface area contributed by atoms with Gasteiger partial charge in [0.25, 0.3) is 5.91 Å². The minimum absolute atomic E-state index is 0.187. The van der Waals surface area contributed by atoms with Crippen LogP contribution in [0.5, 0.6) is 0 Å². The molecule has 2 aromatic heterocycles. The molecule has 0 bridgehead atoms. The van der Waals surface area contributed by atoms with Gasteiger partial charge in [-0.15, -0.1) is 0 Å². The zero-order valence-electron chi connectivity index (χ0n) is 16.2. The monoisotopic (exact) mass is 406 g/mol. The van der Waals surface area contributed by atoms with Gasteiger partial charge in [-0.2, -0.15) is 5.10 Å². The minimum Gasteiger partial charge on any atom is -0.341 e. The number of pyridine rings is 1. The van der Waals surface area contributed by atoms with Crippen LogP contribution in [0.25, 0.3) is 5.69 Å². The van der Waals surface area contributed by atoms with E-state index in [1.807, 2.05) is 12.1 Å². The quantitative estimate of drug-likeness (QED) is 0.712. The number of nitrogens with zero attached hydrogens (tertiary/aromatic N) is 3. The fraction of sp³-hybridized carbons (Fsp3) is 0.348. The summed E-state index contributed by atoms with van der Waals surface area (Å²) in [6.45, 7) is 0. The average Bonchev–Trinajstić information content (AvgIpc) is 3.21. The fourth-order valence-corrected chi connectivity index (χ4v) is 5.10. The van der Waals surface area contributed by atoms with Crippen molar-refractivity contribution in [2.45, 2.75) is 43.6 Å². The number of amides is 1. The molecule has 5 nitrogen and oxygen atoms in total. The normalized spacial score (nSPS) is 22.7. The lowest BCUT2D eigenvalue weighted by Crippen LogP contribution is -2.51. The highest BCUT2D eigenvalue weighted by molar-refractivity contribution is 5.95. The van der Waals surface area contributed by atoms with E-state index in [0.29, 0.717) is 17.5 Å². The van der Waals surface area contributed by atoms with Gasteiger partial charge < -0.3 is 5.32 Å². The summed E-state index contributed by atoms with van der Waals surface area (Å²) in [6.07, 6.45) is 8.06. The zero-order valence-corrected chi connectivity index (χ0v) is 16.2. The number of carbonyl (C=O) groups excluding carboxylic acids is 1. The van der Waals surface area contributed by atoms with Gasteiger partial charge >= 0.3 is 0 Å². The van der Waals surface area contributed by atoms with Crippen LogP contribution in [0.2, 0.25) is 0 Å². The lowest BCUT2D eigenvalue weighted by atomic mass is 9.72. The lowest BCUT2D eigenvalue weighted by Gasteiger charge is -2.42. The highest BCUT2D eigenvalue weighted by atomic mass is 19.1. The first kappa shape index (κ1) is 17.7. The van der Waals surface area contributed by atoms with Gasteiger partial charge in [-0.25, -0.2) is 13.5 Å². The molecule has 0 unspecified atom stereocenters. The molecule has 1 amide bonds. The van der Waals surface area contributed by atoms with Gasteiger partial charge in [-0.1, -0.05) is 0 Å². The van der Waals surface area contributed by atoms with E-state index in [1.54, 1.807) is 12.4 Å². The van der Waals surface area contributed by atoms with Crippen LogP contribution >= 0.6 is 0 Å². The Bertz CT molecular complexity index is 1170. The minimum atomic E-state index is -0.677. The van der Waals surface area contributed by atoms with E-state index in [4.69, 9.17) is 0 Å². The summed E-state index contributed by atoms with van der Waals surface area (Å²) in [7, 11) is 0. The Morgan fingerprint density at radius 3 is 2.67 bits per heavy atom. The average molecular weight is 406 g/mol. The van der Waals surface area contributed by atoms with Crippen molar-refractivity contribution in [2.24, 2.45) is 5.92 Å². The standard InChI is InChI=1S/C23H20F2N4O/c24-15-2-3-19(18(25)12-15)29-21-16-10-13(16)11-17(21)20(28-29)22(30)27-23(6-1-7-23)14-4-8-26-9-5-14/h2-5,8-9,12-13,16H,1,6-7,10-11H2,(H,27,30)/t13-,16-/m0/s1. The van der Waals surface area contributed by atoms with E-state index in [2.05, 4.69) is 15.4 Å². The fourth-order valence-electron chi connectivity index (χ4n) is 5.10. The second-order valence-electron chi connectivity index (χ2n) is 8.65. The number of benzene rings is 1. The van der Waals surface area contributed by atoms with Crippen LogP contribution in [0.15, 0.2) is 42.7 Å². The van der Waals surface area contributed by atoms with Crippen molar-refractivity contribution < 1.29 is 13.6 Å². The first-order valence-electron chi connectivity index (χ1n) is 10.4. The molecular formula is C23H20F2N4O. The second kappa shape index (κ2) is 6.20. The van der Waals surface area contributed by atoms with Crippen LogP contribution in [-0.4, -0.2) is 20.7 Å². The van der Waals surface area contributed by atoms with Crippen molar-refractivity contribution in [3.05, 3.63) is 76.9 Å². The number of aromatic nitrogens is 3. The second-order valence-corrected chi connectivity index (χ2v) is 8.65. The Balaban J connectivity index is 1.39. The molecule has 3 aliphatic carbocycles. The summed E-state index contributed by atoms with van der Waals surface area (Å²) in [5.41, 5.74) is 3.00. The van der Waals surface area contributed by atoms with Gasteiger partial charge in [-0.3, -0.25) is 9.78 Å². The van der Waals surface area contributed by atoms with Gasteiger partial charge in [0.1, 0.15) is 11.5 Å². The van der Waals surface area contributed by atoms with Gasteiger partial charge in [-0.05, 0) is 67.9 Å². The van der Waals surface area contributed by atoms with E-state index in [9.17, 15) is 13.6 Å². The number of halogens is 2. The van der Waals surface area contributed by atoms with E-state index in [1.165, 1.54) is 16.8 Å². The molecule has 0 spiro atoms. The molecule has 2 heterocycles. The van der Waals surface area contributed by atoms with Crippen molar-refractivity contribution in [3.8, 4) is 5.69 Å². The molecule has 3 aliphatic rings. The Morgan fingerprint density at radius 1 is 1.17 bits per heavy atom. The van der Waals surface area contributed by atoms with Crippen LogP contribution in [0, 0.1) is 17.6 Å². The Kier molecular flexibility index (Phi) is 3.67. The van der Waals surface area contributed by atoms with Crippen LogP contribution < -0.4 is 5.32 Å². The summed E-state index contributed by atoms with van der Waals surface area (Å²) < 4.78 is 29.4. The number of fused-ring (bicyclic) bond motifs is 3. The molecule has 0 saturated heterocycles. The number of hydrogen-bond donors (Lipinski definition) is 1. The molecule has 1 N–H and O–H groups in total. The molecule has 7 heteroatoms. The summed E-state index contributed by atoms with van der Waals surface area (Å²) in [6, 6.07) is 7.34. The summed E-state index contributed by atoms with van der Waals surface area (Å²) in [4.78, 5) is 17.4.